The molecule has 4 aliphatic rings. The average Bonchev–Trinajstić information content (AvgIpc) is 3.23. The van der Waals surface area contributed by atoms with E-state index in [0.717, 1.165) is 9.37 Å². The van der Waals surface area contributed by atoms with Crippen LogP contribution in [-0.4, -0.2) is 48.8 Å². The van der Waals surface area contributed by atoms with Gasteiger partial charge in [0.15, 0.2) is 9.75 Å². The van der Waals surface area contributed by atoms with E-state index in [2.05, 4.69) is 31.9 Å². The molecule has 6 atom stereocenters. The van der Waals surface area contributed by atoms with Crippen LogP contribution in [0, 0.1) is 17.8 Å². The van der Waals surface area contributed by atoms with Gasteiger partial charge < -0.3 is 5.11 Å². The second-order valence-corrected chi connectivity index (χ2v) is 12.7. The van der Waals surface area contributed by atoms with Gasteiger partial charge in [0.2, 0.25) is 11.8 Å². The molecule has 2 aliphatic carbocycles. The maximum Gasteiger partial charge on any atom is 0.254 e. The Morgan fingerprint density at radius 3 is 2.29 bits per heavy atom. The fraction of sp³-hybridized carbons (Fsp3) is 0.333. The van der Waals surface area contributed by atoms with Crippen molar-refractivity contribution in [1.82, 2.24) is 4.90 Å². The number of rotatable bonds is 3. The number of allylic oxidation sites excluding steroid dienone is 2. The molecule has 3 fully saturated rings. The number of phenolic OH excluding ortho intramolecular Hbond substituents is 1. The summed E-state index contributed by atoms with van der Waals surface area (Å²) in [6.45, 7) is 0. The first-order valence-electron chi connectivity index (χ1n) is 12.0. The van der Waals surface area contributed by atoms with Gasteiger partial charge in [-0.05, 0) is 49.1 Å². The highest BCUT2D eigenvalue weighted by atomic mass is 79.9. The molecule has 0 radical (unpaired) electrons. The highest BCUT2D eigenvalue weighted by Gasteiger charge is 2.76. The third-order valence-electron chi connectivity index (χ3n) is 8.35. The van der Waals surface area contributed by atoms with Gasteiger partial charge in [0, 0.05) is 16.0 Å². The van der Waals surface area contributed by atoms with Gasteiger partial charge in [0.1, 0.15) is 5.75 Å². The van der Waals surface area contributed by atoms with Crippen molar-refractivity contribution in [1.29, 1.82) is 0 Å². The number of imide groups is 2. The Morgan fingerprint density at radius 1 is 0.947 bits per heavy atom. The minimum Gasteiger partial charge on any atom is -0.508 e. The third kappa shape index (κ3) is 3.25. The standard InChI is InChI=1S/C27H20Br2Cl2N2O5/c28-12-32-24(37)26(30)11-18-15(21(27(26,31)25(32)38)16-3-1-2-4-19(16)34)9-10-17-20(18)23(36)33(22(17)35)14-7-5-13(29)6-8-14/h1-9,17-18,20-21,34H,10-12H2/t17-,18+,20-,21+,26+,27-/m0/s1. The molecule has 1 saturated carbocycles. The maximum atomic E-state index is 13.9. The lowest BCUT2D eigenvalue weighted by atomic mass is 9.56. The predicted octanol–water partition coefficient (Wildman–Crippen LogP) is 5.07. The molecular weight excluding hydrogens is 663 g/mol. The first-order valence-corrected chi connectivity index (χ1v) is 14.6. The van der Waals surface area contributed by atoms with E-state index in [1.807, 2.05) is 6.08 Å². The van der Waals surface area contributed by atoms with Crippen LogP contribution in [0.25, 0.3) is 0 Å². The van der Waals surface area contributed by atoms with Crippen molar-refractivity contribution in [2.75, 3.05) is 10.4 Å². The summed E-state index contributed by atoms with van der Waals surface area (Å²) in [7, 11) is 0. The van der Waals surface area contributed by atoms with Crippen molar-refractivity contribution >= 4 is 84.4 Å². The number of carbonyl (C=O) groups is 4. The summed E-state index contributed by atoms with van der Waals surface area (Å²) in [5.41, 5.74) is 1.32. The zero-order valence-electron chi connectivity index (χ0n) is 19.6. The van der Waals surface area contributed by atoms with Gasteiger partial charge in [0.05, 0.1) is 23.0 Å². The molecule has 38 heavy (non-hydrogen) atoms. The van der Waals surface area contributed by atoms with E-state index < -0.39 is 45.2 Å². The lowest BCUT2D eigenvalue weighted by Gasteiger charge is -2.50. The van der Waals surface area contributed by atoms with Crippen LogP contribution >= 0.6 is 55.1 Å². The Morgan fingerprint density at radius 2 is 1.63 bits per heavy atom. The molecule has 11 heteroatoms. The Bertz CT molecular complexity index is 1450. The molecule has 196 valence electrons. The summed E-state index contributed by atoms with van der Waals surface area (Å²) < 4.78 is 0.808. The molecule has 0 unspecified atom stereocenters. The quantitative estimate of drug-likeness (QED) is 0.211. The van der Waals surface area contributed by atoms with Crippen molar-refractivity contribution in [3.05, 3.63) is 70.2 Å². The molecule has 6 rings (SSSR count). The number of para-hydroxylation sites is 1. The van der Waals surface area contributed by atoms with Crippen LogP contribution in [0.4, 0.5) is 5.69 Å². The van der Waals surface area contributed by atoms with Gasteiger partial charge in [-0.15, -0.1) is 23.2 Å². The number of fused-ring (bicyclic) bond motifs is 4. The van der Waals surface area contributed by atoms with E-state index in [1.165, 1.54) is 11.0 Å². The van der Waals surface area contributed by atoms with Crippen LogP contribution in [0.1, 0.15) is 24.3 Å². The number of hydrogen-bond acceptors (Lipinski definition) is 5. The van der Waals surface area contributed by atoms with E-state index in [0.29, 0.717) is 16.8 Å². The molecule has 0 aromatic heterocycles. The predicted molar refractivity (Wildman–Crippen MR) is 148 cm³/mol. The third-order valence-corrected chi connectivity index (χ3v) is 10.8. The maximum absolute atomic E-state index is 13.9. The Hall–Kier alpha value is -2.20. The molecule has 2 aromatic rings. The van der Waals surface area contributed by atoms with Crippen molar-refractivity contribution in [3.63, 3.8) is 0 Å². The van der Waals surface area contributed by atoms with Gasteiger partial charge in [-0.2, -0.15) is 0 Å². The Balaban J connectivity index is 1.52. The molecule has 2 aromatic carbocycles. The van der Waals surface area contributed by atoms with Gasteiger partial charge >= 0.3 is 0 Å². The van der Waals surface area contributed by atoms with Crippen molar-refractivity contribution in [2.24, 2.45) is 17.8 Å². The molecular formula is C27H20Br2Cl2N2O5. The molecule has 4 amide bonds. The smallest absolute Gasteiger partial charge is 0.254 e. The highest BCUT2D eigenvalue weighted by molar-refractivity contribution is 9.10. The molecule has 2 aliphatic heterocycles. The van der Waals surface area contributed by atoms with E-state index in [4.69, 9.17) is 23.2 Å². The fourth-order valence-corrected chi connectivity index (χ4v) is 8.36. The van der Waals surface area contributed by atoms with Crippen LogP contribution in [-0.2, 0) is 19.2 Å². The minimum atomic E-state index is -1.94. The number of benzene rings is 2. The zero-order valence-corrected chi connectivity index (χ0v) is 24.3. The first kappa shape index (κ1) is 26.0. The van der Waals surface area contributed by atoms with Gasteiger partial charge in [-0.1, -0.05) is 61.7 Å². The van der Waals surface area contributed by atoms with E-state index in [9.17, 15) is 24.3 Å². The number of amides is 4. The van der Waals surface area contributed by atoms with Gasteiger partial charge in [-0.25, -0.2) is 0 Å². The number of nitrogens with zero attached hydrogens (tertiary/aromatic N) is 2. The summed E-state index contributed by atoms with van der Waals surface area (Å²) in [5, 5.41) is 10.9. The second-order valence-electron chi connectivity index (χ2n) is 10.0. The minimum absolute atomic E-state index is 0.101. The fourth-order valence-electron chi connectivity index (χ4n) is 6.67. The number of likely N-dealkylation sites (tertiary alicyclic amines) is 1. The molecule has 7 nitrogen and oxygen atoms in total. The zero-order chi connectivity index (χ0) is 27.1. The topological polar surface area (TPSA) is 95.0 Å². The number of hydrogen-bond donors (Lipinski definition) is 1. The summed E-state index contributed by atoms with van der Waals surface area (Å²) >= 11 is 20.9. The number of carbonyl (C=O) groups excluding carboxylic acids is 4. The summed E-state index contributed by atoms with van der Waals surface area (Å²) in [5.74, 6) is -5.23. The highest BCUT2D eigenvalue weighted by Crippen LogP contribution is 2.66. The summed E-state index contributed by atoms with van der Waals surface area (Å²) in [4.78, 5) is 53.1. The SMILES string of the molecule is O=C1[C@H]2[C@H](CC=C3[C@H]2C[C@@]2(Cl)C(=O)N(CBr)C(=O)[C@@]2(Cl)[C@H]3c2ccccc2O)C(=O)N1c1ccc(Br)cc1. The Labute approximate surface area is 245 Å². The van der Waals surface area contributed by atoms with Crippen molar-refractivity contribution in [3.8, 4) is 5.75 Å². The lowest BCUT2D eigenvalue weighted by molar-refractivity contribution is -0.138. The molecule has 1 N–H and O–H groups in total. The summed E-state index contributed by atoms with van der Waals surface area (Å²) in [6.07, 6.45) is 2.00. The molecule has 0 bridgehead atoms. The van der Waals surface area contributed by atoms with Crippen LogP contribution < -0.4 is 4.90 Å². The van der Waals surface area contributed by atoms with Gasteiger partial charge in [-0.3, -0.25) is 29.0 Å². The van der Waals surface area contributed by atoms with Crippen molar-refractivity contribution in [2.45, 2.75) is 28.5 Å². The number of halogens is 4. The van der Waals surface area contributed by atoms with Crippen molar-refractivity contribution < 1.29 is 24.3 Å². The van der Waals surface area contributed by atoms with E-state index in [-0.39, 0.29) is 35.9 Å². The molecule has 2 heterocycles. The monoisotopic (exact) mass is 680 g/mol. The second kappa shape index (κ2) is 8.91. The van der Waals surface area contributed by atoms with Crippen LogP contribution in [0.2, 0.25) is 0 Å². The van der Waals surface area contributed by atoms with E-state index in [1.54, 1.807) is 42.5 Å². The summed E-state index contributed by atoms with van der Waals surface area (Å²) in [6, 6.07) is 13.3. The first-order chi connectivity index (χ1) is 18.1. The number of anilines is 1. The number of phenols is 1. The number of aromatic hydroxyl groups is 1. The average molecular weight is 683 g/mol. The van der Waals surface area contributed by atoms with Crippen LogP contribution in [0.3, 0.4) is 0 Å². The lowest BCUT2D eigenvalue weighted by Crippen LogP contribution is -2.60. The normalized spacial score (nSPS) is 34.3. The van der Waals surface area contributed by atoms with E-state index >= 15 is 0 Å². The molecule has 0 spiro atoms. The van der Waals surface area contributed by atoms with Gasteiger partial charge in [0.25, 0.3) is 11.8 Å². The largest absolute Gasteiger partial charge is 0.508 e. The van der Waals surface area contributed by atoms with Crippen LogP contribution in [0.5, 0.6) is 5.75 Å². The number of alkyl halides is 3. The molecule has 2 saturated heterocycles. The Kier molecular flexibility index (Phi) is 6.11. The van der Waals surface area contributed by atoms with Crippen LogP contribution in [0.15, 0.2) is 64.7 Å².